The van der Waals surface area contributed by atoms with Crippen molar-refractivity contribution in [1.82, 2.24) is 14.5 Å². The maximum absolute atomic E-state index is 13.4. The molecule has 0 spiro atoms. The molecule has 0 unspecified atom stereocenters. The number of benzene rings is 1. The average molecular weight is 466 g/mol. The largest absolute Gasteiger partial charge is 0.337 e. The Morgan fingerprint density at radius 2 is 2.03 bits per heavy atom. The molecular formula is C28H33F2N3O. The van der Waals surface area contributed by atoms with Crippen molar-refractivity contribution in [3.8, 4) is 0 Å². The van der Waals surface area contributed by atoms with Crippen LogP contribution in [0.2, 0.25) is 0 Å². The van der Waals surface area contributed by atoms with E-state index in [4.69, 9.17) is 0 Å². The lowest BCUT2D eigenvalue weighted by molar-refractivity contribution is -0.134. The summed E-state index contributed by atoms with van der Waals surface area (Å²) in [5.74, 6) is 1.28. The first kappa shape index (κ1) is 23.0. The molecule has 34 heavy (non-hydrogen) atoms. The molecule has 1 fully saturated rings. The highest BCUT2D eigenvalue weighted by Gasteiger charge is 2.42. The molecule has 180 valence electrons. The molecule has 1 aromatic carbocycles. The monoisotopic (exact) mass is 465 g/mol. The first-order valence-electron chi connectivity index (χ1n) is 12.4. The van der Waals surface area contributed by atoms with Crippen molar-refractivity contribution in [2.45, 2.75) is 66.0 Å². The third-order valence-corrected chi connectivity index (χ3v) is 8.60. The lowest BCUT2D eigenvalue weighted by atomic mass is 9.75. The fraction of sp³-hybridized carbons (Fsp3) is 0.500. The van der Waals surface area contributed by atoms with Crippen molar-refractivity contribution in [2.75, 3.05) is 6.54 Å². The normalized spacial score (nSPS) is 21.9. The molecule has 2 atom stereocenters. The van der Waals surface area contributed by atoms with E-state index in [9.17, 15) is 13.6 Å². The van der Waals surface area contributed by atoms with Gasteiger partial charge in [0.1, 0.15) is 5.65 Å². The molecule has 4 nitrogen and oxygen atoms in total. The van der Waals surface area contributed by atoms with Crippen LogP contribution in [0, 0.1) is 17.3 Å². The van der Waals surface area contributed by atoms with Gasteiger partial charge in [-0.3, -0.25) is 4.79 Å². The van der Waals surface area contributed by atoms with Gasteiger partial charge in [0, 0.05) is 42.4 Å². The highest BCUT2D eigenvalue weighted by Crippen LogP contribution is 2.48. The minimum atomic E-state index is -2.50. The fourth-order valence-corrected chi connectivity index (χ4v) is 5.96. The van der Waals surface area contributed by atoms with Crippen LogP contribution in [0.25, 0.3) is 11.0 Å². The van der Waals surface area contributed by atoms with Gasteiger partial charge in [-0.2, -0.15) is 0 Å². The summed E-state index contributed by atoms with van der Waals surface area (Å²) < 4.78 is 28.7. The summed E-state index contributed by atoms with van der Waals surface area (Å²) in [6.45, 7) is 8.61. The molecule has 1 saturated carbocycles. The molecule has 0 saturated heterocycles. The van der Waals surface area contributed by atoms with Gasteiger partial charge >= 0.3 is 0 Å². The number of carbonyl (C=O) groups is 1. The zero-order chi connectivity index (χ0) is 24.0. The number of alkyl halides is 2. The first-order chi connectivity index (χ1) is 16.3. The summed E-state index contributed by atoms with van der Waals surface area (Å²) in [5.41, 5.74) is 4.19. The number of amides is 1. The van der Waals surface area contributed by atoms with E-state index in [0.29, 0.717) is 37.9 Å². The molecular weight excluding hydrogens is 432 g/mol. The number of hydrogen-bond donors (Lipinski definition) is 0. The molecule has 0 bridgehead atoms. The molecule has 2 aromatic heterocycles. The maximum Gasteiger partial charge on any atom is 0.263 e. The zero-order valence-electron chi connectivity index (χ0n) is 20.2. The van der Waals surface area contributed by atoms with Crippen LogP contribution in [0.4, 0.5) is 8.78 Å². The predicted molar refractivity (Wildman–Crippen MR) is 130 cm³/mol. The van der Waals surface area contributed by atoms with Gasteiger partial charge in [0.25, 0.3) is 6.43 Å². The van der Waals surface area contributed by atoms with Crippen molar-refractivity contribution in [2.24, 2.45) is 17.3 Å². The number of hydrogen-bond acceptors (Lipinski definition) is 2. The van der Waals surface area contributed by atoms with Gasteiger partial charge in [-0.1, -0.05) is 39.0 Å². The van der Waals surface area contributed by atoms with Crippen LogP contribution >= 0.6 is 0 Å². The standard InChI is InChI=1S/C28H33F2N3O/c1-18-9-10-21(28(18,2)3)15-25(34)32-13-11-22-23-8-5-12-31-27(23)33(24(22)17-32)16-19-6-4-7-20(14-19)26(29)30/h4-8,12,14,18,21,26H,9-11,13,15-17H2,1-3H3/t18-,21-/m1/s1. The molecule has 0 radical (unpaired) electrons. The smallest absolute Gasteiger partial charge is 0.263 e. The first-order valence-corrected chi connectivity index (χ1v) is 12.4. The zero-order valence-corrected chi connectivity index (χ0v) is 20.2. The molecule has 1 aliphatic heterocycles. The van der Waals surface area contributed by atoms with Gasteiger partial charge in [-0.15, -0.1) is 0 Å². The third kappa shape index (κ3) is 4.01. The molecule has 3 aromatic rings. The van der Waals surface area contributed by atoms with Gasteiger partial charge in [0.15, 0.2) is 0 Å². The Kier molecular flexibility index (Phi) is 5.95. The van der Waals surface area contributed by atoms with Crippen molar-refractivity contribution >= 4 is 16.9 Å². The minimum Gasteiger partial charge on any atom is -0.337 e. The van der Waals surface area contributed by atoms with E-state index in [-0.39, 0.29) is 16.9 Å². The second-order valence-corrected chi connectivity index (χ2v) is 10.7. The summed E-state index contributed by atoms with van der Waals surface area (Å²) in [4.78, 5) is 20.0. The number of pyridine rings is 1. The molecule has 1 amide bonds. The number of rotatable bonds is 5. The Morgan fingerprint density at radius 3 is 2.76 bits per heavy atom. The van der Waals surface area contributed by atoms with Gasteiger partial charge in [-0.25, -0.2) is 13.8 Å². The lowest BCUT2D eigenvalue weighted by Gasteiger charge is -2.34. The van der Waals surface area contributed by atoms with Crippen molar-refractivity contribution in [1.29, 1.82) is 0 Å². The second kappa shape index (κ2) is 8.79. The van der Waals surface area contributed by atoms with E-state index in [1.807, 2.05) is 17.0 Å². The Labute approximate surface area is 200 Å². The quantitative estimate of drug-likeness (QED) is 0.439. The number of aromatic nitrogens is 2. The van der Waals surface area contributed by atoms with Gasteiger partial charge in [0.05, 0.1) is 6.54 Å². The van der Waals surface area contributed by atoms with E-state index in [1.165, 1.54) is 18.1 Å². The fourth-order valence-electron chi connectivity index (χ4n) is 5.96. The summed E-state index contributed by atoms with van der Waals surface area (Å²) in [7, 11) is 0. The van der Waals surface area contributed by atoms with E-state index in [2.05, 4.69) is 36.4 Å². The summed E-state index contributed by atoms with van der Waals surface area (Å²) in [5, 5.41) is 1.10. The van der Waals surface area contributed by atoms with Crippen LogP contribution in [0.15, 0.2) is 42.6 Å². The Hall–Kier alpha value is -2.76. The van der Waals surface area contributed by atoms with Gasteiger partial charge in [0.2, 0.25) is 5.91 Å². The summed E-state index contributed by atoms with van der Waals surface area (Å²) >= 11 is 0. The number of halogens is 2. The number of nitrogens with zero attached hydrogens (tertiary/aromatic N) is 3. The molecule has 5 rings (SSSR count). The third-order valence-electron chi connectivity index (χ3n) is 8.60. The summed E-state index contributed by atoms with van der Waals surface area (Å²) in [6, 6.07) is 10.6. The summed E-state index contributed by atoms with van der Waals surface area (Å²) in [6.07, 6.45) is 2.96. The van der Waals surface area contributed by atoms with Crippen LogP contribution in [0.5, 0.6) is 0 Å². The molecule has 1 aliphatic carbocycles. The average Bonchev–Trinajstić information content (AvgIpc) is 3.27. The van der Waals surface area contributed by atoms with Crippen LogP contribution in [-0.2, 0) is 24.3 Å². The Bertz CT molecular complexity index is 1220. The van der Waals surface area contributed by atoms with Crippen molar-refractivity contribution in [3.05, 3.63) is 65.0 Å². The van der Waals surface area contributed by atoms with E-state index in [1.54, 1.807) is 18.3 Å². The second-order valence-electron chi connectivity index (χ2n) is 10.7. The van der Waals surface area contributed by atoms with Crippen LogP contribution in [-0.4, -0.2) is 26.9 Å². The minimum absolute atomic E-state index is 0.0287. The molecule has 6 heteroatoms. The van der Waals surface area contributed by atoms with Crippen LogP contribution in [0.3, 0.4) is 0 Å². The van der Waals surface area contributed by atoms with Crippen molar-refractivity contribution < 1.29 is 13.6 Å². The number of carbonyl (C=O) groups excluding carboxylic acids is 1. The van der Waals surface area contributed by atoms with E-state index >= 15 is 0 Å². The van der Waals surface area contributed by atoms with Gasteiger partial charge in [-0.05, 0) is 65.8 Å². The maximum atomic E-state index is 13.4. The topological polar surface area (TPSA) is 38.1 Å². The molecule has 0 N–H and O–H groups in total. The highest BCUT2D eigenvalue weighted by molar-refractivity contribution is 5.84. The predicted octanol–water partition coefficient (Wildman–Crippen LogP) is 6.37. The van der Waals surface area contributed by atoms with Gasteiger partial charge < -0.3 is 9.47 Å². The lowest BCUT2D eigenvalue weighted by Crippen LogP contribution is -2.39. The SMILES string of the molecule is C[C@@H]1CC[C@H](CC(=O)N2CCc3c(n(Cc4cccc(C(F)F)c4)c4ncccc34)C2)C1(C)C. The van der Waals surface area contributed by atoms with Crippen LogP contribution in [0.1, 0.15) is 68.8 Å². The Balaban J connectivity index is 1.44. The molecule has 3 heterocycles. The Morgan fingerprint density at radius 1 is 1.21 bits per heavy atom. The van der Waals surface area contributed by atoms with E-state index < -0.39 is 6.43 Å². The van der Waals surface area contributed by atoms with E-state index in [0.717, 1.165) is 35.1 Å². The van der Waals surface area contributed by atoms with Crippen molar-refractivity contribution in [3.63, 3.8) is 0 Å². The molecule has 2 aliphatic rings. The highest BCUT2D eigenvalue weighted by atomic mass is 19.3. The number of fused-ring (bicyclic) bond motifs is 3. The van der Waals surface area contributed by atoms with Crippen LogP contribution < -0.4 is 0 Å².